The van der Waals surface area contributed by atoms with Gasteiger partial charge in [0.25, 0.3) is 0 Å². The summed E-state index contributed by atoms with van der Waals surface area (Å²) in [5, 5.41) is 11.0. The van der Waals surface area contributed by atoms with Gasteiger partial charge in [-0.1, -0.05) is 11.8 Å². The minimum atomic E-state index is -0.902. The molecule has 0 saturated carbocycles. The molecule has 0 amide bonds. The van der Waals surface area contributed by atoms with E-state index in [0.29, 0.717) is 0 Å². The second kappa shape index (κ2) is 6.57. The molecule has 0 saturated heterocycles. The summed E-state index contributed by atoms with van der Waals surface area (Å²) in [7, 11) is 1.82. The number of hydrogen-bond acceptors (Lipinski definition) is 4. The van der Waals surface area contributed by atoms with Gasteiger partial charge in [0.2, 0.25) is 0 Å². The van der Waals surface area contributed by atoms with Crippen LogP contribution >= 0.6 is 11.8 Å². The molecular weight excluding hydrogens is 152 g/mol. The maximum atomic E-state index is 9.89. The van der Waals surface area contributed by atoms with Crippen LogP contribution in [-0.2, 0) is 4.79 Å². The lowest BCUT2D eigenvalue weighted by Gasteiger charge is -1.89. The van der Waals surface area contributed by atoms with Gasteiger partial charge in [-0.05, 0) is 7.05 Å². The Morgan fingerprint density at radius 3 is 3.10 bits per heavy atom. The lowest BCUT2D eigenvalue weighted by Crippen LogP contribution is -2.03. The van der Waals surface area contributed by atoms with Crippen LogP contribution in [0.3, 0.4) is 0 Å². The van der Waals surface area contributed by atoms with Gasteiger partial charge in [-0.25, -0.2) is 0 Å². The zero-order chi connectivity index (χ0) is 7.82. The van der Waals surface area contributed by atoms with Crippen LogP contribution < -0.4 is 5.32 Å². The smallest absolute Gasteiger partial charge is 0.325 e. The van der Waals surface area contributed by atoms with Gasteiger partial charge in [0.05, 0.1) is 5.55 Å². The Bertz CT molecular complexity index is 127. The lowest BCUT2D eigenvalue weighted by atomic mass is 10.7. The summed E-state index contributed by atoms with van der Waals surface area (Å²) >= 11 is 1.43. The second-order valence-corrected chi connectivity index (χ2v) is 2.34. The monoisotopic (exact) mass is 162 g/mol. The van der Waals surface area contributed by atoms with Crippen LogP contribution in [0.4, 0.5) is 0 Å². The second-order valence-electron chi connectivity index (χ2n) is 1.50. The first kappa shape index (κ1) is 9.45. The van der Waals surface area contributed by atoms with Crippen LogP contribution in [-0.4, -0.2) is 36.1 Å². The van der Waals surface area contributed by atoms with E-state index in [1.54, 1.807) is 0 Å². The van der Waals surface area contributed by atoms with Crippen LogP contribution in [0.5, 0.6) is 0 Å². The third-order valence-electron chi connectivity index (χ3n) is 0.603. The molecular formula is C5H10N2O2S. The molecule has 0 aromatic rings. The van der Waals surface area contributed by atoms with Gasteiger partial charge >= 0.3 is 5.97 Å². The summed E-state index contributed by atoms with van der Waals surface area (Å²) in [4.78, 5) is 13.5. The molecule has 0 aromatic carbocycles. The highest BCUT2D eigenvalue weighted by atomic mass is 32.2. The van der Waals surface area contributed by atoms with Crippen molar-refractivity contribution in [2.45, 2.75) is 0 Å². The van der Waals surface area contributed by atoms with Crippen molar-refractivity contribution in [2.75, 3.05) is 19.5 Å². The molecule has 10 heavy (non-hydrogen) atoms. The number of thioether (sulfide) groups is 1. The highest BCUT2D eigenvalue weighted by Crippen LogP contribution is 1.88. The molecule has 2 N–H and O–H groups in total. The quantitative estimate of drug-likeness (QED) is 0.259. The Labute approximate surface area is 63.7 Å². The first-order chi connectivity index (χ1) is 4.77. The van der Waals surface area contributed by atoms with E-state index >= 15 is 0 Å². The zero-order valence-electron chi connectivity index (χ0n) is 5.70. The van der Waals surface area contributed by atoms with E-state index in [-0.39, 0.29) is 6.54 Å². The predicted octanol–water partition coefficient (Wildman–Crippen LogP) is 0.00940. The van der Waals surface area contributed by atoms with Crippen LogP contribution in [0.25, 0.3) is 0 Å². The number of hydrogen-bond donors (Lipinski definition) is 2. The fraction of sp³-hybridized carbons (Fsp3) is 0.600. The maximum absolute atomic E-state index is 9.89. The maximum Gasteiger partial charge on any atom is 0.325 e. The van der Waals surface area contributed by atoms with E-state index in [4.69, 9.17) is 5.11 Å². The Balaban J connectivity index is 3.12. The molecule has 5 heteroatoms. The number of carbonyl (C=O) groups is 1. The Kier molecular flexibility index (Phi) is 6.21. The Morgan fingerprint density at radius 2 is 2.60 bits per heavy atom. The normalized spacial score (nSPS) is 10.5. The van der Waals surface area contributed by atoms with Crippen molar-refractivity contribution in [1.29, 1.82) is 0 Å². The van der Waals surface area contributed by atoms with Crippen molar-refractivity contribution in [3.63, 3.8) is 0 Å². The molecule has 0 fully saturated rings. The van der Waals surface area contributed by atoms with Gasteiger partial charge in [-0.3, -0.25) is 9.79 Å². The van der Waals surface area contributed by atoms with Gasteiger partial charge in [-0.2, -0.15) is 0 Å². The molecule has 0 aliphatic rings. The van der Waals surface area contributed by atoms with Gasteiger partial charge in [0.1, 0.15) is 6.54 Å². The van der Waals surface area contributed by atoms with Crippen molar-refractivity contribution in [3.05, 3.63) is 0 Å². The predicted molar refractivity (Wildman–Crippen MR) is 42.5 cm³/mol. The summed E-state index contributed by atoms with van der Waals surface area (Å²) in [6, 6.07) is 0. The average Bonchev–Trinajstić information content (AvgIpc) is 1.87. The molecule has 0 aliphatic heterocycles. The fourth-order valence-corrected chi connectivity index (χ4v) is 0.710. The number of carboxylic acid groups (broad SMARTS) is 1. The first-order valence-electron chi connectivity index (χ1n) is 2.73. The minimum Gasteiger partial charge on any atom is -0.480 e. The molecule has 0 aromatic heterocycles. The molecule has 4 nitrogen and oxygen atoms in total. The molecule has 0 bridgehead atoms. The summed E-state index contributed by atoms with van der Waals surface area (Å²) in [6.07, 6.45) is 0. The lowest BCUT2D eigenvalue weighted by molar-refractivity contribution is -0.135. The molecule has 0 rings (SSSR count). The summed E-state index contributed by atoms with van der Waals surface area (Å²) in [5.41, 5.74) is 1.53. The zero-order valence-corrected chi connectivity index (χ0v) is 6.52. The van der Waals surface area contributed by atoms with Crippen LogP contribution in [0.1, 0.15) is 0 Å². The first-order valence-corrected chi connectivity index (χ1v) is 3.78. The number of rotatable bonds is 5. The largest absolute Gasteiger partial charge is 0.480 e. The third kappa shape index (κ3) is 7.45. The minimum absolute atomic E-state index is 0.142. The van der Waals surface area contributed by atoms with Gasteiger partial charge in [-0.15, -0.1) is 0 Å². The van der Waals surface area contributed by atoms with Crippen LogP contribution in [0, 0.1) is 0 Å². The topological polar surface area (TPSA) is 61.7 Å². The number of nitrogens with one attached hydrogen (secondary N) is 1. The molecule has 0 spiro atoms. The van der Waals surface area contributed by atoms with Crippen LogP contribution in [0.2, 0.25) is 0 Å². The van der Waals surface area contributed by atoms with Crippen molar-refractivity contribution < 1.29 is 9.90 Å². The Morgan fingerprint density at radius 1 is 1.90 bits per heavy atom. The fourth-order valence-electron chi connectivity index (χ4n) is 0.289. The van der Waals surface area contributed by atoms with Crippen molar-refractivity contribution in [2.24, 2.45) is 4.99 Å². The summed E-state index contributed by atoms with van der Waals surface area (Å²) in [5.74, 6) is -0.148. The highest BCUT2D eigenvalue weighted by Gasteiger charge is 1.88. The summed E-state index contributed by atoms with van der Waals surface area (Å²) in [6.45, 7) is -0.142. The van der Waals surface area contributed by atoms with Crippen molar-refractivity contribution in [3.8, 4) is 0 Å². The number of nitrogens with zero attached hydrogens (tertiary/aromatic N) is 1. The molecule has 0 unspecified atom stereocenters. The van der Waals surface area contributed by atoms with E-state index in [0.717, 1.165) is 5.88 Å². The Hall–Kier alpha value is -0.550. The average molecular weight is 162 g/mol. The van der Waals surface area contributed by atoms with Gasteiger partial charge in [0.15, 0.2) is 0 Å². The highest BCUT2D eigenvalue weighted by molar-refractivity contribution is 8.12. The van der Waals surface area contributed by atoms with E-state index in [1.165, 1.54) is 17.3 Å². The molecule has 0 heterocycles. The summed E-state index contributed by atoms with van der Waals surface area (Å²) < 4.78 is 0. The van der Waals surface area contributed by atoms with Crippen LogP contribution in [0.15, 0.2) is 4.99 Å². The van der Waals surface area contributed by atoms with E-state index in [2.05, 4.69) is 10.3 Å². The van der Waals surface area contributed by atoms with Crippen molar-refractivity contribution in [1.82, 2.24) is 5.32 Å². The molecule has 0 radical (unpaired) electrons. The van der Waals surface area contributed by atoms with E-state index < -0.39 is 5.97 Å². The molecule has 0 atom stereocenters. The van der Waals surface area contributed by atoms with Gasteiger partial charge in [0, 0.05) is 5.88 Å². The van der Waals surface area contributed by atoms with Crippen molar-refractivity contribution >= 4 is 23.3 Å². The third-order valence-corrected chi connectivity index (χ3v) is 1.36. The number of aliphatic carboxylic acids is 1. The molecule has 58 valence electrons. The van der Waals surface area contributed by atoms with Gasteiger partial charge < -0.3 is 10.4 Å². The number of aliphatic imine (C=N–C) groups is 1. The SMILES string of the molecule is CNCS/C=N\CC(=O)O. The number of carboxylic acids is 1. The molecule has 0 aliphatic carbocycles. The van der Waals surface area contributed by atoms with E-state index in [1.807, 2.05) is 7.05 Å². The standard InChI is InChI=1S/C5H10N2O2S/c1-6-3-10-4-7-2-5(8)9/h4,6H,2-3H2,1H3,(H,8,9)/b7-4-. The van der Waals surface area contributed by atoms with E-state index in [9.17, 15) is 4.79 Å².